The lowest BCUT2D eigenvalue weighted by Gasteiger charge is -2.31. The minimum absolute atomic E-state index is 0.105. The minimum Gasteiger partial charge on any atom is -0.394 e. The lowest BCUT2D eigenvalue weighted by atomic mass is 9.92. The first-order valence-corrected chi connectivity index (χ1v) is 7.21. The monoisotopic (exact) mass is 264 g/mol. The fourth-order valence-corrected chi connectivity index (χ4v) is 2.20. The van der Waals surface area contributed by atoms with Crippen LogP contribution in [0.4, 0.5) is 0 Å². The molecule has 3 heteroatoms. The molecule has 0 amide bonds. The van der Waals surface area contributed by atoms with E-state index in [1.807, 2.05) is 0 Å². The van der Waals surface area contributed by atoms with E-state index in [0.717, 1.165) is 31.7 Å². The quantitative estimate of drug-likeness (QED) is 0.755. The van der Waals surface area contributed by atoms with Gasteiger partial charge in [0.15, 0.2) is 0 Å². The lowest BCUT2D eigenvalue weighted by Crippen LogP contribution is -2.46. The van der Waals surface area contributed by atoms with Crippen molar-refractivity contribution in [2.75, 3.05) is 32.8 Å². The van der Waals surface area contributed by atoms with Gasteiger partial charge in [0, 0.05) is 13.1 Å². The van der Waals surface area contributed by atoms with Gasteiger partial charge in [-0.1, -0.05) is 43.7 Å². The third-order valence-corrected chi connectivity index (χ3v) is 3.84. The number of aliphatic hydroxyl groups excluding tert-OH is 1. The van der Waals surface area contributed by atoms with Crippen molar-refractivity contribution >= 4 is 0 Å². The van der Waals surface area contributed by atoms with Gasteiger partial charge in [0.2, 0.25) is 0 Å². The molecule has 0 saturated heterocycles. The average molecular weight is 264 g/mol. The summed E-state index contributed by atoms with van der Waals surface area (Å²) in [6.07, 6.45) is 0. The summed E-state index contributed by atoms with van der Waals surface area (Å²) < 4.78 is 0. The molecule has 3 nitrogen and oxygen atoms in total. The van der Waals surface area contributed by atoms with Crippen molar-refractivity contribution in [2.24, 2.45) is 0 Å². The molecule has 0 aromatic heterocycles. The summed E-state index contributed by atoms with van der Waals surface area (Å²) in [4.78, 5) is 2.37. The molecule has 0 aliphatic heterocycles. The molecule has 1 aromatic rings. The second-order valence-corrected chi connectivity index (χ2v) is 5.31. The highest BCUT2D eigenvalue weighted by Gasteiger charge is 2.24. The highest BCUT2D eigenvalue weighted by molar-refractivity contribution is 5.27. The van der Waals surface area contributed by atoms with E-state index >= 15 is 0 Å². The van der Waals surface area contributed by atoms with Crippen molar-refractivity contribution in [2.45, 2.75) is 33.2 Å². The highest BCUT2D eigenvalue weighted by atomic mass is 16.3. The molecule has 0 aliphatic rings. The summed E-state index contributed by atoms with van der Waals surface area (Å²) >= 11 is 0. The average Bonchev–Trinajstić information content (AvgIpc) is 2.44. The van der Waals surface area contributed by atoms with Gasteiger partial charge in [-0.05, 0) is 32.5 Å². The summed E-state index contributed by atoms with van der Waals surface area (Å²) in [7, 11) is 0. The van der Waals surface area contributed by atoms with Crippen molar-refractivity contribution in [3.05, 3.63) is 35.4 Å². The zero-order chi connectivity index (χ0) is 14.3. The van der Waals surface area contributed by atoms with E-state index in [2.05, 4.69) is 62.2 Å². The predicted molar refractivity (Wildman–Crippen MR) is 81.4 cm³/mol. The van der Waals surface area contributed by atoms with Gasteiger partial charge < -0.3 is 15.3 Å². The molecule has 19 heavy (non-hydrogen) atoms. The van der Waals surface area contributed by atoms with E-state index in [1.165, 1.54) is 5.56 Å². The van der Waals surface area contributed by atoms with Crippen LogP contribution in [0.1, 0.15) is 31.9 Å². The largest absolute Gasteiger partial charge is 0.394 e. The predicted octanol–water partition coefficient (Wildman–Crippen LogP) is 2.13. The number of rotatable bonds is 8. The number of hydrogen-bond donors (Lipinski definition) is 2. The maximum atomic E-state index is 9.71. The van der Waals surface area contributed by atoms with E-state index < -0.39 is 0 Å². The Kier molecular flexibility index (Phi) is 6.49. The first-order valence-electron chi connectivity index (χ1n) is 7.21. The van der Waals surface area contributed by atoms with Gasteiger partial charge in [-0.2, -0.15) is 0 Å². The number of aliphatic hydroxyl groups is 1. The lowest BCUT2D eigenvalue weighted by molar-refractivity contribution is 0.168. The first-order chi connectivity index (χ1) is 9.05. The van der Waals surface area contributed by atoms with Crippen molar-refractivity contribution < 1.29 is 5.11 Å². The molecule has 108 valence electrons. The molecule has 0 bridgehead atoms. The Bertz CT molecular complexity index is 360. The van der Waals surface area contributed by atoms with E-state index in [0.29, 0.717) is 0 Å². The van der Waals surface area contributed by atoms with Gasteiger partial charge in [0.1, 0.15) is 0 Å². The standard InChI is InChI=1S/C16H28N2O/c1-5-18(6-2)12-11-17-16(4,13-19)15-9-7-14(3)8-10-15/h7-10,17,19H,5-6,11-13H2,1-4H3. The molecule has 1 rings (SSSR count). The SMILES string of the molecule is CCN(CC)CCNC(C)(CO)c1ccc(C)cc1. The third-order valence-electron chi connectivity index (χ3n) is 3.84. The zero-order valence-electron chi connectivity index (χ0n) is 12.7. The van der Waals surface area contributed by atoms with Crippen LogP contribution in [0.5, 0.6) is 0 Å². The number of aryl methyl sites for hydroxylation is 1. The number of likely N-dealkylation sites (N-methyl/N-ethyl adjacent to an activating group) is 1. The van der Waals surface area contributed by atoms with Crippen LogP contribution >= 0.6 is 0 Å². The summed E-state index contributed by atoms with van der Waals surface area (Å²) in [5, 5.41) is 13.2. The molecular formula is C16H28N2O. The molecular weight excluding hydrogens is 236 g/mol. The van der Waals surface area contributed by atoms with Crippen molar-refractivity contribution in [1.82, 2.24) is 10.2 Å². The topological polar surface area (TPSA) is 35.5 Å². The maximum Gasteiger partial charge on any atom is 0.0652 e. The number of nitrogens with zero attached hydrogens (tertiary/aromatic N) is 1. The fraction of sp³-hybridized carbons (Fsp3) is 0.625. The van der Waals surface area contributed by atoms with Gasteiger partial charge in [0.25, 0.3) is 0 Å². The third kappa shape index (κ3) is 4.60. The minimum atomic E-state index is -0.360. The number of hydrogen-bond acceptors (Lipinski definition) is 3. The Hall–Kier alpha value is -0.900. The van der Waals surface area contributed by atoms with Crippen LogP contribution in [0.15, 0.2) is 24.3 Å². The Morgan fingerprint density at radius 1 is 1.16 bits per heavy atom. The Balaban J connectivity index is 2.62. The molecule has 1 unspecified atom stereocenters. The van der Waals surface area contributed by atoms with Crippen molar-refractivity contribution in [1.29, 1.82) is 0 Å². The smallest absolute Gasteiger partial charge is 0.0652 e. The van der Waals surface area contributed by atoms with Gasteiger partial charge in [-0.3, -0.25) is 0 Å². The Morgan fingerprint density at radius 3 is 2.21 bits per heavy atom. The molecule has 0 heterocycles. The molecule has 1 atom stereocenters. The summed E-state index contributed by atoms with van der Waals surface area (Å²) in [6.45, 7) is 12.6. The normalized spacial score (nSPS) is 14.6. The van der Waals surface area contributed by atoms with Crippen LogP contribution in [0.3, 0.4) is 0 Å². The summed E-state index contributed by atoms with van der Waals surface area (Å²) in [5.74, 6) is 0. The Labute approximate surface area is 117 Å². The van der Waals surface area contributed by atoms with Crippen LogP contribution in [0.25, 0.3) is 0 Å². The molecule has 0 saturated carbocycles. The van der Waals surface area contributed by atoms with Crippen LogP contribution in [0, 0.1) is 6.92 Å². The second-order valence-electron chi connectivity index (χ2n) is 5.31. The molecule has 0 radical (unpaired) electrons. The highest BCUT2D eigenvalue weighted by Crippen LogP contribution is 2.20. The first kappa shape index (κ1) is 16.2. The van der Waals surface area contributed by atoms with Gasteiger partial charge in [0.05, 0.1) is 12.1 Å². The number of benzene rings is 1. The molecule has 2 N–H and O–H groups in total. The molecule has 0 fully saturated rings. The second kappa shape index (κ2) is 7.63. The molecule has 0 spiro atoms. The van der Waals surface area contributed by atoms with Crippen LogP contribution < -0.4 is 5.32 Å². The molecule has 0 aliphatic carbocycles. The van der Waals surface area contributed by atoms with E-state index in [4.69, 9.17) is 0 Å². The fourth-order valence-electron chi connectivity index (χ4n) is 2.20. The van der Waals surface area contributed by atoms with Crippen LogP contribution in [-0.4, -0.2) is 42.8 Å². The van der Waals surface area contributed by atoms with Crippen molar-refractivity contribution in [3.8, 4) is 0 Å². The summed E-state index contributed by atoms with van der Waals surface area (Å²) in [5.41, 5.74) is 2.02. The van der Waals surface area contributed by atoms with E-state index in [1.54, 1.807) is 0 Å². The van der Waals surface area contributed by atoms with Gasteiger partial charge >= 0.3 is 0 Å². The van der Waals surface area contributed by atoms with Gasteiger partial charge in [-0.25, -0.2) is 0 Å². The maximum absolute atomic E-state index is 9.71. The van der Waals surface area contributed by atoms with E-state index in [-0.39, 0.29) is 12.1 Å². The number of nitrogens with one attached hydrogen (secondary N) is 1. The summed E-state index contributed by atoms with van der Waals surface area (Å²) in [6, 6.07) is 8.37. The van der Waals surface area contributed by atoms with Crippen LogP contribution in [-0.2, 0) is 5.54 Å². The zero-order valence-corrected chi connectivity index (χ0v) is 12.7. The van der Waals surface area contributed by atoms with Crippen molar-refractivity contribution in [3.63, 3.8) is 0 Å². The van der Waals surface area contributed by atoms with Crippen LogP contribution in [0.2, 0.25) is 0 Å². The Morgan fingerprint density at radius 2 is 1.74 bits per heavy atom. The van der Waals surface area contributed by atoms with Gasteiger partial charge in [-0.15, -0.1) is 0 Å². The molecule has 1 aromatic carbocycles. The van der Waals surface area contributed by atoms with E-state index in [9.17, 15) is 5.11 Å².